The molecule has 2 aromatic rings. The van der Waals surface area contributed by atoms with Crippen molar-refractivity contribution < 1.29 is 14.4 Å². The van der Waals surface area contributed by atoms with E-state index in [1.807, 2.05) is 13.0 Å². The highest BCUT2D eigenvalue weighted by Gasteiger charge is 2.44. The Bertz CT molecular complexity index is 887. The molecule has 1 saturated carbocycles. The van der Waals surface area contributed by atoms with Crippen LogP contribution < -0.4 is 5.32 Å². The summed E-state index contributed by atoms with van der Waals surface area (Å²) in [6.07, 6.45) is 3.32. The van der Waals surface area contributed by atoms with Gasteiger partial charge in [-0.15, -0.1) is 0 Å². The van der Waals surface area contributed by atoms with Gasteiger partial charge in [0.1, 0.15) is 5.82 Å². The van der Waals surface area contributed by atoms with Gasteiger partial charge >= 0.3 is 0 Å². The molecule has 1 aliphatic heterocycles. The molecule has 24 heavy (non-hydrogen) atoms. The van der Waals surface area contributed by atoms with E-state index in [-0.39, 0.29) is 23.8 Å². The number of aryl methyl sites for hydroxylation is 1. The summed E-state index contributed by atoms with van der Waals surface area (Å²) >= 11 is 0. The lowest BCUT2D eigenvalue weighted by Gasteiger charge is -2.11. The normalized spacial score (nSPS) is 16.3. The molecule has 1 aromatic heterocycles. The summed E-state index contributed by atoms with van der Waals surface area (Å²) in [5.41, 5.74) is 1.85. The first kappa shape index (κ1) is 14.6. The summed E-state index contributed by atoms with van der Waals surface area (Å²) in [7, 11) is 0. The van der Waals surface area contributed by atoms with E-state index in [9.17, 15) is 14.4 Å². The average molecular weight is 321 g/mol. The highest BCUT2D eigenvalue weighted by Crippen LogP contribution is 2.34. The van der Waals surface area contributed by atoms with Gasteiger partial charge in [0.15, 0.2) is 0 Å². The summed E-state index contributed by atoms with van der Waals surface area (Å²) in [6.45, 7) is 1.85. The fraction of sp³-hybridized carbons (Fsp3) is 0.222. The lowest BCUT2D eigenvalue weighted by atomic mass is 10.1. The Balaban J connectivity index is 1.63. The SMILES string of the molecule is Cc1cccnc1NC(=O)c1ccc2c(c1)C(=O)N(C1CC1)C2=O. The monoisotopic (exact) mass is 321 g/mol. The van der Waals surface area contributed by atoms with E-state index in [2.05, 4.69) is 10.3 Å². The van der Waals surface area contributed by atoms with Gasteiger partial charge in [0, 0.05) is 17.8 Å². The number of nitrogens with zero attached hydrogens (tertiary/aromatic N) is 2. The van der Waals surface area contributed by atoms with E-state index in [1.165, 1.54) is 11.0 Å². The maximum atomic E-state index is 12.4. The topological polar surface area (TPSA) is 79.4 Å². The van der Waals surface area contributed by atoms with Crippen LogP contribution in [0.3, 0.4) is 0 Å². The molecule has 0 spiro atoms. The third kappa shape index (κ3) is 2.27. The zero-order valence-corrected chi connectivity index (χ0v) is 13.1. The molecule has 2 aliphatic rings. The van der Waals surface area contributed by atoms with Gasteiger partial charge < -0.3 is 5.32 Å². The number of imide groups is 1. The molecule has 120 valence electrons. The third-order valence-corrected chi connectivity index (χ3v) is 4.33. The molecule has 4 rings (SSSR count). The molecule has 1 aliphatic carbocycles. The molecule has 1 aromatic carbocycles. The predicted octanol–water partition coefficient (Wildman–Crippen LogP) is 2.40. The molecule has 6 heteroatoms. The van der Waals surface area contributed by atoms with Crippen molar-refractivity contribution in [3.63, 3.8) is 0 Å². The minimum absolute atomic E-state index is 0.0193. The highest BCUT2D eigenvalue weighted by atomic mass is 16.2. The first-order valence-electron chi connectivity index (χ1n) is 7.81. The van der Waals surface area contributed by atoms with Crippen LogP contribution in [0.1, 0.15) is 49.5 Å². The number of amides is 3. The fourth-order valence-electron chi connectivity index (χ4n) is 2.86. The van der Waals surface area contributed by atoms with Crippen LogP contribution in [0, 0.1) is 6.92 Å². The zero-order chi connectivity index (χ0) is 16.8. The number of carbonyl (C=O) groups is 3. The number of carbonyl (C=O) groups excluding carboxylic acids is 3. The lowest BCUT2D eigenvalue weighted by Crippen LogP contribution is -2.31. The predicted molar refractivity (Wildman–Crippen MR) is 86.9 cm³/mol. The van der Waals surface area contributed by atoms with Crippen molar-refractivity contribution in [2.45, 2.75) is 25.8 Å². The number of anilines is 1. The number of aromatic nitrogens is 1. The summed E-state index contributed by atoms with van der Waals surface area (Å²) < 4.78 is 0. The van der Waals surface area contributed by atoms with Crippen LogP contribution in [0.25, 0.3) is 0 Å². The quantitative estimate of drug-likeness (QED) is 0.880. The smallest absolute Gasteiger partial charge is 0.261 e. The molecule has 1 N–H and O–H groups in total. The van der Waals surface area contributed by atoms with Gasteiger partial charge in [-0.2, -0.15) is 0 Å². The number of hydrogen-bond acceptors (Lipinski definition) is 4. The molecular weight excluding hydrogens is 306 g/mol. The molecule has 0 atom stereocenters. The maximum absolute atomic E-state index is 12.4. The standard InChI is InChI=1S/C18H15N3O3/c1-10-3-2-8-19-15(10)20-16(22)11-4-7-13-14(9-11)18(24)21(17(13)23)12-5-6-12/h2-4,7-9,12H,5-6H2,1H3,(H,19,20,22). The van der Waals surface area contributed by atoms with Gasteiger partial charge in [-0.3, -0.25) is 19.3 Å². The second-order valence-corrected chi connectivity index (χ2v) is 6.09. The van der Waals surface area contributed by atoms with Crippen molar-refractivity contribution >= 4 is 23.5 Å². The Morgan fingerprint density at radius 3 is 2.62 bits per heavy atom. The number of benzene rings is 1. The molecule has 0 bridgehead atoms. The van der Waals surface area contributed by atoms with Crippen LogP contribution in [0.15, 0.2) is 36.5 Å². The van der Waals surface area contributed by atoms with E-state index < -0.39 is 0 Å². The van der Waals surface area contributed by atoms with E-state index in [4.69, 9.17) is 0 Å². The van der Waals surface area contributed by atoms with E-state index >= 15 is 0 Å². The Labute approximate surface area is 138 Å². The van der Waals surface area contributed by atoms with Crippen molar-refractivity contribution in [2.24, 2.45) is 0 Å². The van der Waals surface area contributed by atoms with Crippen molar-refractivity contribution in [3.8, 4) is 0 Å². The van der Waals surface area contributed by atoms with Crippen LogP contribution >= 0.6 is 0 Å². The molecule has 0 saturated heterocycles. The second-order valence-electron chi connectivity index (χ2n) is 6.09. The van der Waals surface area contributed by atoms with Crippen molar-refractivity contribution in [1.29, 1.82) is 0 Å². The number of hydrogen-bond donors (Lipinski definition) is 1. The summed E-state index contributed by atoms with van der Waals surface area (Å²) in [6, 6.07) is 8.27. The van der Waals surface area contributed by atoms with Crippen LogP contribution in [-0.2, 0) is 0 Å². The Morgan fingerprint density at radius 2 is 1.92 bits per heavy atom. The molecular formula is C18H15N3O3. The maximum Gasteiger partial charge on any atom is 0.261 e. The molecule has 0 radical (unpaired) electrons. The average Bonchev–Trinajstić information content (AvgIpc) is 3.37. The minimum Gasteiger partial charge on any atom is -0.306 e. The molecule has 6 nitrogen and oxygen atoms in total. The number of rotatable bonds is 3. The van der Waals surface area contributed by atoms with Gasteiger partial charge in [0.2, 0.25) is 0 Å². The van der Waals surface area contributed by atoms with Gasteiger partial charge in [0.25, 0.3) is 17.7 Å². The molecule has 3 amide bonds. The second kappa shape index (κ2) is 5.26. The van der Waals surface area contributed by atoms with E-state index in [1.54, 1.807) is 24.4 Å². The Hall–Kier alpha value is -3.02. The first-order chi connectivity index (χ1) is 11.6. The van der Waals surface area contributed by atoms with Crippen LogP contribution in [-0.4, -0.2) is 33.6 Å². The molecule has 2 heterocycles. The van der Waals surface area contributed by atoms with Crippen LogP contribution in [0.5, 0.6) is 0 Å². The number of pyridine rings is 1. The lowest BCUT2D eigenvalue weighted by molar-refractivity contribution is 0.0642. The molecule has 0 unspecified atom stereocenters. The fourth-order valence-corrected chi connectivity index (χ4v) is 2.86. The van der Waals surface area contributed by atoms with E-state index in [0.29, 0.717) is 22.5 Å². The van der Waals surface area contributed by atoms with Crippen LogP contribution in [0.2, 0.25) is 0 Å². The third-order valence-electron chi connectivity index (χ3n) is 4.33. The first-order valence-corrected chi connectivity index (χ1v) is 7.81. The number of nitrogens with one attached hydrogen (secondary N) is 1. The highest BCUT2D eigenvalue weighted by molar-refractivity contribution is 6.22. The number of fused-ring (bicyclic) bond motifs is 1. The zero-order valence-electron chi connectivity index (χ0n) is 13.1. The van der Waals surface area contributed by atoms with Gasteiger partial charge in [0.05, 0.1) is 11.1 Å². The molecule has 1 fully saturated rings. The Morgan fingerprint density at radius 1 is 1.17 bits per heavy atom. The largest absolute Gasteiger partial charge is 0.306 e. The van der Waals surface area contributed by atoms with Gasteiger partial charge in [-0.25, -0.2) is 4.98 Å². The van der Waals surface area contributed by atoms with Gasteiger partial charge in [-0.1, -0.05) is 6.07 Å². The summed E-state index contributed by atoms with van der Waals surface area (Å²) in [4.78, 5) is 42.6. The minimum atomic E-state index is -0.357. The summed E-state index contributed by atoms with van der Waals surface area (Å²) in [5.74, 6) is -0.444. The Kier molecular flexibility index (Phi) is 3.19. The van der Waals surface area contributed by atoms with Crippen molar-refractivity contribution in [3.05, 3.63) is 58.8 Å². The summed E-state index contributed by atoms with van der Waals surface area (Å²) in [5, 5.41) is 2.73. The van der Waals surface area contributed by atoms with Crippen molar-refractivity contribution in [2.75, 3.05) is 5.32 Å². The van der Waals surface area contributed by atoms with Gasteiger partial charge in [-0.05, 0) is 49.6 Å². The van der Waals surface area contributed by atoms with Crippen molar-refractivity contribution in [1.82, 2.24) is 9.88 Å². The van der Waals surface area contributed by atoms with E-state index in [0.717, 1.165) is 18.4 Å². The van der Waals surface area contributed by atoms with Crippen LogP contribution in [0.4, 0.5) is 5.82 Å².